The Hall–Kier alpha value is -0.960. The molecule has 1 fully saturated rings. The summed E-state index contributed by atoms with van der Waals surface area (Å²) in [5, 5.41) is 0. The van der Waals surface area contributed by atoms with Crippen molar-refractivity contribution in [3.8, 4) is 0 Å². The van der Waals surface area contributed by atoms with Gasteiger partial charge in [0.05, 0.1) is 0 Å². The van der Waals surface area contributed by atoms with Crippen LogP contribution >= 0.6 is 0 Å². The van der Waals surface area contributed by atoms with Crippen LogP contribution in [0.5, 0.6) is 0 Å². The molecule has 0 amide bonds. The lowest BCUT2D eigenvalue weighted by Crippen LogP contribution is -2.22. The van der Waals surface area contributed by atoms with Crippen molar-refractivity contribution >= 4 is 0 Å². The lowest BCUT2D eigenvalue weighted by atomic mass is 9.82. The molecule has 0 heterocycles. The molecule has 3 heteroatoms. The van der Waals surface area contributed by atoms with Crippen LogP contribution in [0.1, 0.15) is 43.6 Å². The lowest BCUT2D eigenvalue weighted by molar-refractivity contribution is 0.388. The molecule has 2 N–H and O–H groups in total. The van der Waals surface area contributed by atoms with Crippen LogP contribution in [0.25, 0.3) is 0 Å². The smallest absolute Gasteiger partial charge is 0.162 e. The van der Waals surface area contributed by atoms with Crippen LogP contribution in [0, 0.1) is 17.6 Å². The van der Waals surface area contributed by atoms with Crippen molar-refractivity contribution in [1.29, 1.82) is 0 Å². The second-order valence-corrected chi connectivity index (χ2v) is 4.88. The molecule has 0 radical (unpaired) electrons. The summed E-state index contributed by atoms with van der Waals surface area (Å²) >= 11 is 0. The molecular formula is C14H19F2N. The SMILES string of the molecule is NCC1CCCCCC1c1cccc(F)c1F. The highest BCUT2D eigenvalue weighted by atomic mass is 19.2. The first kappa shape index (κ1) is 12.5. The molecule has 1 aromatic rings. The third-order valence-corrected chi connectivity index (χ3v) is 3.84. The summed E-state index contributed by atoms with van der Waals surface area (Å²) in [7, 11) is 0. The zero-order valence-corrected chi connectivity index (χ0v) is 9.96. The minimum Gasteiger partial charge on any atom is -0.330 e. The van der Waals surface area contributed by atoms with Gasteiger partial charge in [-0.1, -0.05) is 31.4 Å². The third kappa shape index (κ3) is 2.65. The van der Waals surface area contributed by atoms with E-state index in [2.05, 4.69) is 0 Å². The molecule has 1 saturated carbocycles. The number of rotatable bonds is 2. The van der Waals surface area contributed by atoms with Gasteiger partial charge in [-0.25, -0.2) is 8.78 Å². The van der Waals surface area contributed by atoms with E-state index < -0.39 is 11.6 Å². The van der Waals surface area contributed by atoms with Gasteiger partial charge >= 0.3 is 0 Å². The summed E-state index contributed by atoms with van der Waals surface area (Å²) in [6.07, 6.45) is 5.34. The van der Waals surface area contributed by atoms with Gasteiger partial charge in [-0.15, -0.1) is 0 Å². The van der Waals surface area contributed by atoms with E-state index >= 15 is 0 Å². The monoisotopic (exact) mass is 239 g/mol. The number of hydrogen-bond donors (Lipinski definition) is 1. The highest BCUT2D eigenvalue weighted by Gasteiger charge is 2.27. The molecule has 0 aliphatic heterocycles. The van der Waals surface area contributed by atoms with Crippen LogP contribution in [0.4, 0.5) is 8.78 Å². The Kier molecular flexibility index (Phi) is 4.11. The second-order valence-electron chi connectivity index (χ2n) is 4.88. The highest BCUT2D eigenvalue weighted by Crippen LogP contribution is 2.37. The van der Waals surface area contributed by atoms with E-state index in [0.29, 0.717) is 12.1 Å². The van der Waals surface area contributed by atoms with E-state index in [9.17, 15) is 8.78 Å². The van der Waals surface area contributed by atoms with Gasteiger partial charge in [0.1, 0.15) is 0 Å². The Bertz CT molecular complexity index is 378. The van der Waals surface area contributed by atoms with Crippen molar-refractivity contribution < 1.29 is 8.78 Å². The van der Waals surface area contributed by atoms with Crippen LogP contribution in [-0.4, -0.2) is 6.54 Å². The van der Waals surface area contributed by atoms with Gasteiger partial charge in [0.25, 0.3) is 0 Å². The van der Waals surface area contributed by atoms with Gasteiger partial charge < -0.3 is 5.73 Å². The van der Waals surface area contributed by atoms with Gasteiger partial charge in [-0.2, -0.15) is 0 Å². The van der Waals surface area contributed by atoms with Crippen molar-refractivity contribution in [2.45, 2.75) is 38.0 Å². The fourth-order valence-corrected chi connectivity index (χ4v) is 2.88. The fraction of sp³-hybridized carbons (Fsp3) is 0.571. The lowest BCUT2D eigenvalue weighted by Gasteiger charge is -2.24. The van der Waals surface area contributed by atoms with Crippen molar-refractivity contribution in [1.82, 2.24) is 0 Å². The van der Waals surface area contributed by atoms with Crippen molar-refractivity contribution in [3.63, 3.8) is 0 Å². The van der Waals surface area contributed by atoms with Crippen LogP contribution in [0.3, 0.4) is 0 Å². The highest BCUT2D eigenvalue weighted by molar-refractivity contribution is 5.24. The first-order valence-electron chi connectivity index (χ1n) is 6.38. The van der Waals surface area contributed by atoms with Crippen LogP contribution in [0.2, 0.25) is 0 Å². The zero-order valence-electron chi connectivity index (χ0n) is 9.96. The maximum Gasteiger partial charge on any atom is 0.162 e. The number of benzene rings is 1. The van der Waals surface area contributed by atoms with E-state index in [0.717, 1.165) is 25.7 Å². The van der Waals surface area contributed by atoms with Crippen LogP contribution in [0.15, 0.2) is 18.2 Å². The van der Waals surface area contributed by atoms with Crippen molar-refractivity contribution in [3.05, 3.63) is 35.4 Å². The summed E-state index contributed by atoms with van der Waals surface area (Å²) in [4.78, 5) is 0. The maximum absolute atomic E-state index is 13.8. The van der Waals surface area contributed by atoms with Crippen LogP contribution < -0.4 is 5.73 Å². The van der Waals surface area contributed by atoms with Gasteiger partial charge in [-0.05, 0) is 42.9 Å². The molecule has 1 aliphatic rings. The number of halogens is 2. The van der Waals surface area contributed by atoms with Gasteiger partial charge in [0, 0.05) is 0 Å². The molecule has 2 atom stereocenters. The Morgan fingerprint density at radius 2 is 1.88 bits per heavy atom. The molecule has 0 spiro atoms. The first-order chi connectivity index (χ1) is 8.24. The molecule has 0 aromatic heterocycles. The van der Waals surface area contributed by atoms with Crippen LogP contribution in [-0.2, 0) is 0 Å². The average Bonchev–Trinajstić information content (AvgIpc) is 2.57. The van der Waals surface area contributed by atoms with Gasteiger partial charge in [-0.3, -0.25) is 0 Å². The van der Waals surface area contributed by atoms with Crippen molar-refractivity contribution in [2.24, 2.45) is 11.7 Å². The van der Waals surface area contributed by atoms with E-state index in [1.807, 2.05) is 0 Å². The molecule has 94 valence electrons. The predicted molar refractivity (Wildman–Crippen MR) is 64.7 cm³/mol. The van der Waals surface area contributed by atoms with Gasteiger partial charge in [0.2, 0.25) is 0 Å². The van der Waals surface area contributed by atoms with E-state index in [4.69, 9.17) is 5.73 Å². The Morgan fingerprint density at radius 1 is 1.12 bits per heavy atom. The quantitative estimate of drug-likeness (QED) is 0.784. The Morgan fingerprint density at radius 3 is 2.65 bits per heavy atom. The van der Waals surface area contributed by atoms with Crippen molar-refractivity contribution in [2.75, 3.05) is 6.54 Å². The Labute approximate surface area is 101 Å². The second kappa shape index (κ2) is 5.58. The number of nitrogens with two attached hydrogens (primary N) is 1. The van der Waals surface area contributed by atoms with E-state index in [-0.39, 0.29) is 11.8 Å². The molecular weight excluding hydrogens is 220 g/mol. The fourth-order valence-electron chi connectivity index (χ4n) is 2.88. The topological polar surface area (TPSA) is 26.0 Å². The summed E-state index contributed by atoms with van der Waals surface area (Å²) < 4.78 is 27.1. The standard InChI is InChI=1S/C14H19F2N/c15-13-8-4-7-12(14(13)16)11-6-3-1-2-5-10(11)9-17/h4,7-8,10-11H,1-3,5-6,9,17H2. The summed E-state index contributed by atoms with van der Waals surface area (Å²) in [6.45, 7) is 0.556. The third-order valence-electron chi connectivity index (χ3n) is 3.84. The predicted octanol–water partition coefficient (Wildman–Crippen LogP) is 3.59. The maximum atomic E-state index is 13.8. The minimum absolute atomic E-state index is 0.0817. The zero-order chi connectivity index (χ0) is 12.3. The first-order valence-corrected chi connectivity index (χ1v) is 6.38. The van der Waals surface area contributed by atoms with Gasteiger partial charge in [0.15, 0.2) is 11.6 Å². The van der Waals surface area contributed by atoms with E-state index in [1.54, 1.807) is 12.1 Å². The molecule has 2 rings (SSSR count). The molecule has 0 saturated heterocycles. The van der Waals surface area contributed by atoms with E-state index in [1.165, 1.54) is 12.5 Å². The Balaban J connectivity index is 2.31. The molecule has 1 aromatic carbocycles. The molecule has 17 heavy (non-hydrogen) atoms. The molecule has 1 nitrogen and oxygen atoms in total. The minimum atomic E-state index is -0.748. The summed E-state index contributed by atoms with van der Waals surface area (Å²) in [5.74, 6) is -1.06. The average molecular weight is 239 g/mol. The molecule has 2 unspecified atom stereocenters. The molecule has 0 bridgehead atoms. The normalized spacial score (nSPS) is 25.6. The number of hydrogen-bond acceptors (Lipinski definition) is 1. The molecule has 1 aliphatic carbocycles. The summed E-state index contributed by atoms with van der Waals surface area (Å²) in [5.41, 5.74) is 6.29. The summed E-state index contributed by atoms with van der Waals surface area (Å²) in [6, 6.07) is 4.47. The largest absolute Gasteiger partial charge is 0.330 e.